The standard InChI is InChI=1S/C40H52BN3O6/c1-25-32(26(2)35(42-36(45)48-38(4,5)6)27(3)34(25)41-49-39(7,8)40(9,10)50-41)23-43-19-21-44(22-20-43)37(46)47-24-33-30-17-13-11-15-28(30)29-16-12-14-18-31(29)33/h11-18,33H,19-24H2,1-10H3,(H,42,45). The van der Waals surface area contributed by atoms with Crippen LogP contribution in [0, 0.1) is 20.8 Å². The van der Waals surface area contributed by atoms with Crippen LogP contribution in [0.5, 0.6) is 0 Å². The van der Waals surface area contributed by atoms with Gasteiger partial charge in [-0.2, -0.15) is 0 Å². The average Bonchev–Trinajstić information content (AvgIpc) is 3.47. The highest BCUT2D eigenvalue weighted by Crippen LogP contribution is 2.44. The summed E-state index contributed by atoms with van der Waals surface area (Å²) in [5.74, 6) is 0.0294. The molecule has 2 heterocycles. The Bertz CT molecular complexity index is 1730. The van der Waals surface area contributed by atoms with Crippen LogP contribution in [0.1, 0.15) is 87.8 Å². The first-order valence-electron chi connectivity index (χ1n) is 17.8. The highest BCUT2D eigenvalue weighted by Gasteiger charge is 2.53. The largest absolute Gasteiger partial charge is 0.495 e. The van der Waals surface area contributed by atoms with Gasteiger partial charge in [-0.3, -0.25) is 10.2 Å². The second-order valence-electron chi connectivity index (χ2n) is 15.9. The van der Waals surface area contributed by atoms with Gasteiger partial charge in [0.2, 0.25) is 0 Å². The molecular weight excluding hydrogens is 629 g/mol. The lowest BCUT2D eigenvalue weighted by Crippen LogP contribution is -2.49. The van der Waals surface area contributed by atoms with Crippen molar-refractivity contribution < 1.29 is 28.4 Å². The Labute approximate surface area is 297 Å². The molecule has 2 aliphatic heterocycles. The fourth-order valence-corrected chi connectivity index (χ4v) is 7.43. The van der Waals surface area contributed by atoms with Gasteiger partial charge in [-0.1, -0.05) is 48.5 Å². The SMILES string of the molecule is Cc1c(CN2CCN(C(=O)OCC3c4ccccc4-c4ccccc43)CC2)c(C)c(B2OC(C)(C)C(C)(C)O2)c(C)c1NC(=O)OC(C)(C)C. The van der Waals surface area contributed by atoms with Gasteiger partial charge in [0.05, 0.1) is 11.2 Å². The molecule has 3 aromatic carbocycles. The zero-order valence-corrected chi connectivity index (χ0v) is 31.4. The maximum atomic E-state index is 13.3. The Morgan fingerprint density at radius 1 is 0.840 bits per heavy atom. The van der Waals surface area contributed by atoms with Gasteiger partial charge in [0.15, 0.2) is 0 Å². The van der Waals surface area contributed by atoms with Crippen LogP contribution in [0.4, 0.5) is 15.3 Å². The van der Waals surface area contributed by atoms with E-state index >= 15 is 0 Å². The summed E-state index contributed by atoms with van der Waals surface area (Å²) < 4.78 is 24.7. The topological polar surface area (TPSA) is 89.6 Å². The van der Waals surface area contributed by atoms with Gasteiger partial charge in [-0.05, 0) is 119 Å². The van der Waals surface area contributed by atoms with Crippen molar-refractivity contribution in [1.29, 1.82) is 0 Å². The van der Waals surface area contributed by atoms with E-state index in [9.17, 15) is 9.59 Å². The van der Waals surface area contributed by atoms with Gasteiger partial charge in [0, 0.05) is 44.3 Å². The van der Waals surface area contributed by atoms with Crippen molar-refractivity contribution in [3.63, 3.8) is 0 Å². The predicted octanol–water partition coefficient (Wildman–Crippen LogP) is 7.32. The smallest absolute Gasteiger partial charge is 0.448 e. The Morgan fingerprint density at radius 2 is 1.38 bits per heavy atom. The number of rotatable bonds is 6. The molecule has 50 heavy (non-hydrogen) atoms. The van der Waals surface area contributed by atoms with Crippen LogP contribution in [0.2, 0.25) is 0 Å². The number of piperazine rings is 1. The zero-order valence-electron chi connectivity index (χ0n) is 31.4. The summed E-state index contributed by atoms with van der Waals surface area (Å²) in [6, 6.07) is 16.8. The molecule has 0 unspecified atom stereocenters. The maximum Gasteiger partial charge on any atom is 0.495 e. The van der Waals surface area contributed by atoms with Crippen LogP contribution in [-0.4, -0.2) is 78.7 Å². The van der Waals surface area contributed by atoms with E-state index in [2.05, 4.69) is 53.5 Å². The van der Waals surface area contributed by atoms with Crippen LogP contribution in [0.25, 0.3) is 11.1 Å². The van der Waals surface area contributed by atoms with Crippen molar-refractivity contribution in [2.45, 2.75) is 98.5 Å². The molecule has 2 amide bonds. The third-order valence-corrected chi connectivity index (χ3v) is 10.9. The molecule has 2 fully saturated rings. The van der Waals surface area contributed by atoms with E-state index in [-0.39, 0.29) is 12.0 Å². The first-order valence-corrected chi connectivity index (χ1v) is 17.8. The Morgan fingerprint density at radius 3 is 1.92 bits per heavy atom. The molecule has 0 bridgehead atoms. The van der Waals surface area contributed by atoms with Gasteiger partial charge in [-0.15, -0.1) is 0 Å². The second kappa shape index (κ2) is 13.4. The number of carbonyl (C=O) groups is 2. The number of nitrogens with zero attached hydrogens (tertiary/aromatic N) is 2. The number of hydrogen-bond acceptors (Lipinski definition) is 7. The molecule has 266 valence electrons. The summed E-state index contributed by atoms with van der Waals surface area (Å²) in [7, 11) is -0.594. The summed E-state index contributed by atoms with van der Waals surface area (Å²) in [6.45, 7) is 23.4. The molecule has 2 saturated heterocycles. The minimum absolute atomic E-state index is 0.0294. The first-order chi connectivity index (χ1) is 23.5. The van der Waals surface area contributed by atoms with E-state index in [1.54, 1.807) is 0 Å². The normalized spacial score (nSPS) is 18.5. The van der Waals surface area contributed by atoms with Crippen molar-refractivity contribution in [1.82, 2.24) is 9.80 Å². The van der Waals surface area contributed by atoms with Gasteiger partial charge in [-0.25, -0.2) is 9.59 Å². The fraction of sp³-hybridized carbons (Fsp3) is 0.500. The Balaban J connectivity index is 1.17. The molecule has 6 rings (SSSR count). The van der Waals surface area contributed by atoms with Crippen LogP contribution in [0.3, 0.4) is 0 Å². The molecule has 0 atom stereocenters. The monoisotopic (exact) mass is 681 g/mol. The van der Waals surface area contributed by atoms with E-state index in [4.69, 9.17) is 18.8 Å². The summed E-state index contributed by atoms with van der Waals surface area (Å²) in [5, 5.41) is 3.06. The molecule has 0 aromatic heterocycles. The molecule has 3 aliphatic rings. The fourth-order valence-electron chi connectivity index (χ4n) is 7.43. The number of carbonyl (C=O) groups excluding carboxylic acids is 2. The molecule has 0 saturated carbocycles. The summed E-state index contributed by atoms with van der Waals surface area (Å²) in [4.78, 5) is 30.6. The van der Waals surface area contributed by atoms with Crippen LogP contribution in [0.15, 0.2) is 48.5 Å². The summed E-state index contributed by atoms with van der Waals surface area (Å²) in [5.41, 5.74) is 8.84. The van der Waals surface area contributed by atoms with Crippen molar-refractivity contribution in [3.05, 3.63) is 81.9 Å². The van der Waals surface area contributed by atoms with E-state index in [0.29, 0.717) is 45.0 Å². The van der Waals surface area contributed by atoms with Crippen molar-refractivity contribution in [3.8, 4) is 11.1 Å². The van der Waals surface area contributed by atoms with Crippen molar-refractivity contribution >= 4 is 30.5 Å². The first kappa shape index (κ1) is 36.0. The lowest BCUT2D eigenvalue weighted by molar-refractivity contribution is 0.00578. The second-order valence-corrected chi connectivity index (χ2v) is 15.9. The number of hydrogen-bond donors (Lipinski definition) is 1. The van der Waals surface area contributed by atoms with E-state index < -0.39 is 30.0 Å². The molecule has 0 radical (unpaired) electrons. The third-order valence-electron chi connectivity index (χ3n) is 10.9. The quantitative estimate of drug-likeness (QED) is 0.273. The van der Waals surface area contributed by atoms with Crippen LogP contribution < -0.4 is 10.8 Å². The summed E-state index contributed by atoms with van der Waals surface area (Å²) >= 11 is 0. The minimum Gasteiger partial charge on any atom is -0.448 e. The van der Waals surface area contributed by atoms with Gasteiger partial charge in [0.1, 0.15) is 12.2 Å². The summed E-state index contributed by atoms with van der Waals surface area (Å²) in [6.07, 6.45) is -0.781. The number of anilines is 1. The molecule has 9 nitrogen and oxygen atoms in total. The molecule has 1 N–H and O–H groups in total. The number of nitrogens with one attached hydrogen (secondary N) is 1. The van der Waals surface area contributed by atoms with Gasteiger partial charge >= 0.3 is 19.3 Å². The number of ether oxygens (including phenoxy) is 2. The van der Waals surface area contributed by atoms with Gasteiger partial charge in [0.25, 0.3) is 0 Å². The highest BCUT2D eigenvalue weighted by atomic mass is 16.7. The highest BCUT2D eigenvalue weighted by molar-refractivity contribution is 6.63. The molecule has 10 heteroatoms. The van der Waals surface area contributed by atoms with E-state index in [0.717, 1.165) is 27.7 Å². The maximum absolute atomic E-state index is 13.3. The number of benzene rings is 3. The zero-order chi connectivity index (χ0) is 36.2. The number of amides is 2. The van der Waals surface area contributed by atoms with Crippen molar-refractivity contribution in [2.75, 3.05) is 38.1 Å². The average molecular weight is 682 g/mol. The molecule has 1 aliphatic carbocycles. The lowest BCUT2D eigenvalue weighted by atomic mass is 9.70. The van der Waals surface area contributed by atoms with Crippen LogP contribution in [-0.2, 0) is 25.3 Å². The predicted molar refractivity (Wildman–Crippen MR) is 198 cm³/mol. The van der Waals surface area contributed by atoms with Crippen molar-refractivity contribution in [2.24, 2.45) is 0 Å². The number of fused-ring (bicyclic) bond motifs is 3. The van der Waals surface area contributed by atoms with Crippen LogP contribution >= 0.6 is 0 Å². The molecular formula is C40H52BN3O6. The van der Waals surface area contributed by atoms with E-state index in [1.165, 1.54) is 22.3 Å². The van der Waals surface area contributed by atoms with E-state index in [1.807, 2.05) is 79.3 Å². The third kappa shape index (κ3) is 6.90. The Kier molecular flexibility index (Phi) is 9.61. The lowest BCUT2D eigenvalue weighted by Gasteiger charge is -2.35. The van der Waals surface area contributed by atoms with Gasteiger partial charge < -0.3 is 23.7 Å². The molecule has 0 spiro atoms. The minimum atomic E-state index is -0.638. The molecule has 3 aromatic rings. The Hall–Kier alpha value is -3.86.